The number of alkyl halides is 1. The SMILES string of the molecule is CCn1nc(C)c2nc(C(C)Cl)n(-c3ccc(C)cc3)c21. The Bertz CT molecular complexity index is 781. The second-order valence-corrected chi connectivity index (χ2v) is 5.99. The molecule has 1 atom stereocenters. The summed E-state index contributed by atoms with van der Waals surface area (Å²) in [7, 11) is 0. The first-order chi connectivity index (χ1) is 10.0. The molecule has 5 heteroatoms. The first-order valence-corrected chi connectivity index (χ1v) is 7.63. The second-order valence-electron chi connectivity index (χ2n) is 5.33. The maximum Gasteiger partial charge on any atom is 0.163 e. The van der Waals surface area contributed by atoms with Crippen molar-refractivity contribution >= 4 is 22.8 Å². The van der Waals surface area contributed by atoms with E-state index >= 15 is 0 Å². The molecule has 3 rings (SSSR count). The van der Waals surface area contributed by atoms with Gasteiger partial charge < -0.3 is 0 Å². The number of hydrogen-bond donors (Lipinski definition) is 0. The smallest absolute Gasteiger partial charge is 0.163 e. The third kappa shape index (κ3) is 2.23. The van der Waals surface area contributed by atoms with Crippen LogP contribution in [-0.2, 0) is 6.54 Å². The van der Waals surface area contributed by atoms with Crippen molar-refractivity contribution in [3.05, 3.63) is 41.3 Å². The van der Waals surface area contributed by atoms with Crippen LogP contribution >= 0.6 is 11.6 Å². The van der Waals surface area contributed by atoms with Gasteiger partial charge in [0.25, 0.3) is 0 Å². The average molecular weight is 303 g/mol. The third-order valence-corrected chi connectivity index (χ3v) is 3.88. The highest BCUT2D eigenvalue weighted by Crippen LogP contribution is 2.29. The van der Waals surface area contributed by atoms with E-state index in [0.29, 0.717) is 0 Å². The van der Waals surface area contributed by atoms with Crippen LogP contribution in [0.3, 0.4) is 0 Å². The molecule has 0 spiro atoms. The fourth-order valence-electron chi connectivity index (χ4n) is 2.62. The van der Waals surface area contributed by atoms with E-state index in [1.807, 2.05) is 18.5 Å². The van der Waals surface area contributed by atoms with Gasteiger partial charge >= 0.3 is 0 Å². The van der Waals surface area contributed by atoms with Gasteiger partial charge in [-0.3, -0.25) is 4.57 Å². The van der Waals surface area contributed by atoms with Crippen molar-refractivity contribution in [2.45, 2.75) is 39.6 Å². The Morgan fingerprint density at radius 3 is 2.43 bits per heavy atom. The van der Waals surface area contributed by atoms with Crippen molar-refractivity contribution < 1.29 is 0 Å². The minimum atomic E-state index is -0.164. The molecular weight excluding hydrogens is 284 g/mol. The van der Waals surface area contributed by atoms with Crippen molar-refractivity contribution in [2.24, 2.45) is 0 Å². The Kier molecular flexibility index (Phi) is 3.49. The van der Waals surface area contributed by atoms with Crippen molar-refractivity contribution in [3.63, 3.8) is 0 Å². The first kappa shape index (κ1) is 14.1. The van der Waals surface area contributed by atoms with Gasteiger partial charge in [-0.2, -0.15) is 5.10 Å². The van der Waals surface area contributed by atoms with Crippen LogP contribution < -0.4 is 0 Å². The lowest BCUT2D eigenvalue weighted by Crippen LogP contribution is -2.07. The molecule has 1 unspecified atom stereocenters. The molecule has 0 fully saturated rings. The summed E-state index contributed by atoms with van der Waals surface area (Å²) in [6, 6.07) is 8.40. The van der Waals surface area contributed by atoms with E-state index in [9.17, 15) is 0 Å². The van der Waals surface area contributed by atoms with E-state index in [4.69, 9.17) is 16.6 Å². The van der Waals surface area contributed by atoms with E-state index in [1.165, 1.54) is 5.56 Å². The van der Waals surface area contributed by atoms with Crippen LogP contribution in [0.1, 0.15) is 36.3 Å². The maximum absolute atomic E-state index is 6.35. The van der Waals surface area contributed by atoms with Crippen LogP contribution in [0.4, 0.5) is 0 Å². The van der Waals surface area contributed by atoms with Crippen LogP contribution in [0.5, 0.6) is 0 Å². The fourth-order valence-corrected chi connectivity index (χ4v) is 2.77. The van der Waals surface area contributed by atoms with Gasteiger partial charge in [0.2, 0.25) is 0 Å². The molecule has 0 N–H and O–H groups in total. The predicted molar refractivity (Wildman–Crippen MR) is 86.3 cm³/mol. The number of hydrogen-bond acceptors (Lipinski definition) is 2. The standard InChI is InChI=1S/C16H19ClN4/c1-5-20-16-14(12(4)19-20)18-15(11(3)17)21(16)13-8-6-10(2)7-9-13/h6-9,11H,5H2,1-4H3. The summed E-state index contributed by atoms with van der Waals surface area (Å²) >= 11 is 6.35. The molecule has 0 saturated carbocycles. The molecule has 0 aliphatic rings. The quantitative estimate of drug-likeness (QED) is 0.681. The van der Waals surface area contributed by atoms with Gasteiger partial charge in [-0.1, -0.05) is 17.7 Å². The summed E-state index contributed by atoms with van der Waals surface area (Å²) in [6.07, 6.45) is 0. The zero-order chi connectivity index (χ0) is 15.1. The van der Waals surface area contributed by atoms with Gasteiger partial charge in [0.15, 0.2) is 5.65 Å². The highest BCUT2D eigenvalue weighted by Gasteiger charge is 2.21. The summed E-state index contributed by atoms with van der Waals surface area (Å²) in [5.74, 6) is 0.859. The minimum Gasteiger partial charge on any atom is -0.280 e. The van der Waals surface area contributed by atoms with Crippen LogP contribution in [0.2, 0.25) is 0 Å². The molecule has 21 heavy (non-hydrogen) atoms. The van der Waals surface area contributed by atoms with Crippen LogP contribution in [0.15, 0.2) is 24.3 Å². The third-order valence-electron chi connectivity index (χ3n) is 3.68. The number of fused-ring (bicyclic) bond motifs is 1. The Labute approximate surface area is 129 Å². The fraction of sp³-hybridized carbons (Fsp3) is 0.375. The van der Waals surface area contributed by atoms with Crippen LogP contribution in [0, 0.1) is 13.8 Å². The zero-order valence-corrected chi connectivity index (χ0v) is 13.5. The average Bonchev–Trinajstić information content (AvgIpc) is 2.98. The van der Waals surface area contributed by atoms with Crippen molar-refractivity contribution in [3.8, 4) is 5.69 Å². The number of aryl methyl sites for hydroxylation is 3. The largest absolute Gasteiger partial charge is 0.280 e. The molecule has 0 radical (unpaired) electrons. The molecule has 2 heterocycles. The summed E-state index contributed by atoms with van der Waals surface area (Å²) < 4.78 is 4.11. The molecule has 3 aromatic rings. The lowest BCUT2D eigenvalue weighted by Gasteiger charge is -2.12. The number of aromatic nitrogens is 4. The van der Waals surface area contributed by atoms with Gasteiger partial charge in [0.1, 0.15) is 11.3 Å². The summed E-state index contributed by atoms with van der Waals surface area (Å²) in [5.41, 5.74) is 5.19. The maximum atomic E-state index is 6.35. The normalized spacial score (nSPS) is 13.0. The Hall–Kier alpha value is -1.81. The number of halogens is 1. The van der Waals surface area contributed by atoms with Gasteiger partial charge in [0.05, 0.1) is 11.1 Å². The van der Waals surface area contributed by atoms with Crippen LogP contribution in [0.25, 0.3) is 16.9 Å². The second kappa shape index (κ2) is 5.19. The number of imidazole rings is 1. The lowest BCUT2D eigenvalue weighted by atomic mass is 10.2. The first-order valence-electron chi connectivity index (χ1n) is 7.19. The van der Waals surface area contributed by atoms with Crippen molar-refractivity contribution in [1.29, 1.82) is 0 Å². The molecule has 2 aromatic heterocycles. The Morgan fingerprint density at radius 1 is 1.19 bits per heavy atom. The van der Waals surface area contributed by atoms with E-state index in [1.54, 1.807) is 0 Å². The number of rotatable bonds is 3. The molecule has 0 amide bonds. The van der Waals surface area contributed by atoms with E-state index in [2.05, 4.69) is 47.8 Å². The molecule has 4 nitrogen and oxygen atoms in total. The van der Waals surface area contributed by atoms with E-state index in [-0.39, 0.29) is 5.38 Å². The van der Waals surface area contributed by atoms with E-state index < -0.39 is 0 Å². The van der Waals surface area contributed by atoms with Crippen molar-refractivity contribution in [2.75, 3.05) is 0 Å². The summed E-state index contributed by atoms with van der Waals surface area (Å²) in [6.45, 7) is 8.91. The van der Waals surface area contributed by atoms with Gasteiger partial charge in [-0.25, -0.2) is 9.67 Å². The van der Waals surface area contributed by atoms with E-state index in [0.717, 1.165) is 34.9 Å². The molecule has 110 valence electrons. The lowest BCUT2D eigenvalue weighted by molar-refractivity contribution is 0.658. The molecular formula is C16H19ClN4. The molecule has 0 saturated heterocycles. The van der Waals surface area contributed by atoms with Crippen LogP contribution in [-0.4, -0.2) is 19.3 Å². The van der Waals surface area contributed by atoms with Gasteiger partial charge in [-0.15, -0.1) is 11.6 Å². The minimum absolute atomic E-state index is 0.164. The molecule has 0 bridgehead atoms. The Balaban J connectivity index is 2.36. The highest BCUT2D eigenvalue weighted by molar-refractivity contribution is 6.20. The molecule has 0 aliphatic carbocycles. The van der Waals surface area contributed by atoms with Gasteiger partial charge in [-0.05, 0) is 39.8 Å². The number of benzene rings is 1. The molecule has 1 aromatic carbocycles. The predicted octanol–water partition coefficient (Wildman–Crippen LogP) is 4.16. The van der Waals surface area contributed by atoms with Crippen molar-refractivity contribution in [1.82, 2.24) is 19.3 Å². The Morgan fingerprint density at radius 2 is 1.86 bits per heavy atom. The zero-order valence-electron chi connectivity index (χ0n) is 12.8. The summed E-state index contributed by atoms with van der Waals surface area (Å²) in [5, 5.41) is 4.40. The molecule has 0 aliphatic heterocycles. The topological polar surface area (TPSA) is 35.6 Å². The summed E-state index contributed by atoms with van der Waals surface area (Å²) in [4.78, 5) is 4.73. The number of nitrogens with zero attached hydrogens (tertiary/aromatic N) is 4. The monoisotopic (exact) mass is 302 g/mol. The van der Waals surface area contributed by atoms with Gasteiger partial charge in [0, 0.05) is 12.2 Å². The highest BCUT2D eigenvalue weighted by atomic mass is 35.5.